The molecule has 0 spiro atoms. The molecule has 0 amide bonds. The molecule has 0 N–H and O–H groups in total. The molecule has 6 nitrogen and oxygen atoms in total. The highest BCUT2D eigenvalue weighted by atomic mass is 16.6. The van der Waals surface area contributed by atoms with E-state index >= 15 is 0 Å². The Morgan fingerprint density at radius 2 is 0.456 bits per heavy atom. The second-order valence-electron chi connectivity index (χ2n) is 24.1. The predicted octanol–water partition coefficient (Wildman–Crippen LogP) is 24.3. The van der Waals surface area contributed by atoms with E-state index < -0.39 is 6.10 Å². The topological polar surface area (TPSA) is 78.9 Å². The van der Waals surface area contributed by atoms with Crippen LogP contribution in [-0.4, -0.2) is 37.2 Å². The molecule has 0 fully saturated rings. The van der Waals surface area contributed by atoms with Crippen LogP contribution in [0.2, 0.25) is 0 Å². The van der Waals surface area contributed by atoms with Crippen molar-refractivity contribution in [2.24, 2.45) is 0 Å². The number of rotatable bonds is 66. The minimum atomic E-state index is -0.781. The summed E-state index contributed by atoms with van der Waals surface area (Å²) >= 11 is 0. The average Bonchev–Trinajstić information content (AvgIpc) is 3.45. The van der Waals surface area contributed by atoms with E-state index in [2.05, 4.69) is 57.2 Å². The first-order valence-corrected chi connectivity index (χ1v) is 35.5. The second-order valence-corrected chi connectivity index (χ2v) is 24.1. The molecule has 0 saturated heterocycles. The molecule has 0 aromatic rings. The number of hydrogen-bond acceptors (Lipinski definition) is 6. The zero-order chi connectivity index (χ0) is 57.1. The maximum absolute atomic E-state index is 12.9. The summed E-state index contributed by atoms with van der Waals surface area (Å²) in [5.41, 5.74) is 0. The van der Waals surface area contributed by atoms with Crippen molar-refractivity contribution < 1.29 is 28.6 Å². The van der Waals surface area contributed by atoms with Gasteiger partial charge in [-0.15, -0.1) is 0 Å². The number of hydrogen-bond donors (Lipinski definition) is 0. The van der Waals surface area contributed by atoms with E-state index in [1.54, 1.807) is 0 Å². The van der Waals surface area contributed by atoms with Crippen LogP contribution in [0.1, 0.15) is 393 Å². The van der Waals surface area contributed by atoms with Crippen molar-refractivity contribution in [2.45, 2.75) is 399 Å². The SMILES string of the molecule is CCCCCC/C=C\C/C=C\CCCCCCCC(=O)OC(COC(=O)CCCCCCC/C=C\CCCCCC)COC(=O)CCCCCCCCCCCCCCCCCCCCCCCCCCCCCCCCCC. The molecule has 464 valence electrons. The summed E-state index contributed by atoms with van der Waals surface area (Å²) in [5.74, 6) is -0.875. The minimum Gasteiger partial charge on any atom is -0.462 e. The Bertz CT molecular complexity index is 1320. The van der Waals surface area contributed by atoms with Crippen LogP contribution >= 0.6 is 0 Å². The Morgan fingerprint density at radius 1 is 0.253 bits per heavy atom. The highest BCUT2D eigenvalue weighted by molar-refractivity contribution is 5.71. The van der Waals surface area contributed by atoms with E-state index in [9.17, 15) is 14.4 Å². The molecule has 6 heteroatoms. The maximum atomic E-state index is 12.9. The largest absolute Gasteiger partial charge is 0.462 e. The smallest absolute Gasteiger partial charge is 0.306 e. The van der Waals surface area contributed by atoms with Gasteiger partial charge in [-0.3, -0.25) is 14.4 Å². The van der Waals surface area contributed by atoms with Gasteiger partial charge in [0.15, 0.2) is 6.10 Å². The minimum absolute atomic E-state index is 0.0764. The molecule has 0 rings (SSSR count). The molecular weight excluding hydrogens is 973 g/mol. The van der Waals surface area contributed by atoms with E-state index in [4.69, 9.17) is 14.2 Å². The van der Waals surface area contributed by atoms with Gasteiger partial charge in [0.25, 0.3) is 0 Å². The zero-order valence-electron chi connectivity index (χ0n) is 53.4. The van der Waals surface area contributed by atoms with Gasteiger partial charge in [0.05, 0.1) is 0 Å². The highest BCUT2D eigenvalue weighted by Crippen LogP contribution is 2.19. The molecule has 0 aliphatic rings. The van der Waals surface area contributed by atoms with Crippen molar-refractivity contribution in [3.05, 3.63) is 36.5 Å². The van der Waals surface area contributed by atoms with Gasteiger partial charge in [0, 0.05) is 19.3 Å². The summed E-state index contributed by atoms with van der Waals surface area (Å²) in [5, 5.41) is 0. The third kappa shape index (κ3) is 66.3. The van der Waals surface area contributed by atoms with Crippen LogP contribution in [0, 0.1) is 0 Å². The highest BCUT2D eigenvalue weighted by Gasteiger charge is 2.19. The number of carbonyl (C=O) groups excluding carboxylic acids is 3. The van der Waals surface area contributed by atoms with Crippen molar-refractivity contribution in [3.63, 3.8) is 0 Å². The molecular formula is C73H136O6. The lowest BCUT2D eigenvalue weighted by Gasteiger charge is -2.18. The number of allylic oxidation sites excluding steroid dienone is 6. The first-order chi connectivity index (χ1) is 39.0. The summed E-state index contributed by atoms with van der Waals surface area (Å²) in [6.07, 6.45) is 84.8. The number of unbranched alkanes of at least 4 members (excludes halogenated alkanes) is 49. The molecule has 0 saturated carbocycles. The van der Waals surface area contributed by atoms with Crippen LogP contribution < -0.4 is 0 Å². The molecule has 0 bridgehead atoms. The summed E-state index contributed by atoms with van der Waals surface area (Å²) < 4.78 is 16.9. The third-order valence-electron chi connectivity index (χ3n) is 16.1. The van der Waals surface area contributed by atoms with Crippen molar-refractivity contribution in [2.75, 3.05) is 13.2 Å². The lowest BCUT2D eigenvalue weighted by Crippen LogP contribution is -2.30. The Balaban J connectivity index is 4.11. The van der Waals surface area contributed by atoms with Crippen LogP contribution in [0.25, 0.3) is 0 Å². The van der Waals surface area contributed by atoms with E-state index in [-0.39, 0.29) is 31.1 Å². The van der Waals surface area contributed by atoms with Gasteiger partial charge in [-0.2, -0.15) is 0 Å². The lowest BCUT2D eigenvalue weighted by molar-refractivity contribution is -0.167. The van der Waals surface area contributed by atoms with Crippen molar-refractivity contribution in [1.82, 2.24) is 0 Å². The van der Waals surface area contributed by atoms with E-state index in [0.29, 0.717) is 19.3 Å². The van der Waals surface area contributed by atoms with Gasteiger partial charge in [0.2, 0.25) is 0 Å². The van der Waals surface area contributed by atoms with Crippen molar-refractivity contribution in [1.29, 1.82) is 0 Å². The van der Waals surface area contributed by atoms with Gasteiger partial charge >= 0.3 is 17.9 Å². The Kier molecular flexibility index (Phi) is 66.1. The predicted molar refractivity (Wildman–Crippen MR) is 344 cm³/mol. The molecule has 0 aliphatic carbocycles. The Labute approximate surface area is 493 Å². The second kappa shape index (κ2) is 68.1. The molecule has 0 radical (unpaired) electrons. The van der Waals surface area contributed by atoms with Crippen molar-refractivity contribution >= 4 is 17.9 Å². The fourth-order valence-electron chi connectivity index (χ4n) is 10.8. The standard InChI is InChI=1S/C73H136O6/c1-4-7-10-13-16-19-22-25-27-29-30-31-32-33-34-35-36-37-38-39-40-41-42-43-44-46-48-51-54-57-60-63-66-72(75)78-69-70(68-77-71(74)65-62-59-56-53-50-47-24-21-18-15-12-9-6-3)79-73(76)67-64-61-58-55-52-49-45-28-26-23-20-17-14-11-8-5-2/h20-21,23-24,28,45,70H,4-19,22,25-27,29-44,46-69H2,1-3H3/b23-20-,24-21-,45-28-. The zero-order valence-corrected chi connectivity index (χ0v) is 53.4. The van der Waals surface area contributed by atoms with Gasteiger partial charge in [0.1, 0.15) is 13.2 Å². The van der Waals surface area contributed by atoms with Crippen molar-refractivity contribution in [3.8, 4) is 0 Å². The first-order valence-electron chi connectivity index (χ1n) is 35.5. The summed E-state index contributed by atoms with van der Waals surface area (Å²) in [4.78, 5) is 38.3. The van der Waals surface area contributed by atoms with Crippen LogP contribution in [-0.2, 0) is 28.6 Å². The average molecular weight is 1110 g/mol. The number of esters is 3. The normalized spacial score (nSPS) is 12.2. The molecule has 79 heavy (non-hydrogen) atoms. The fraction of sp³-hybridized carbons (Fsp3) is 0.877. The number of carbonyl (C=O) groups is 3. The summed E-state index contributed by atoms with van der Waals surface area (Å²) in [7, 11) is 0. The van der Waals surface area contributed by atoms with E-state index in [1.165, 1.54) is 263 Å². The fourth-order valence-corrected chi connectivity index (χ4v) is 10.8. The number of ether oxygens (including phenoxy) is 3. The van der Waals surface area contributed by atoms with Gasteiger partial charge in [-0.1, -0.05) is 333 Å². The summed E-state index contributed by atoms with van der Waals surface area (Å²) in [6.45, 7) is 6.65. The lowest BCUT2D eigenvalue weighted by atomic mass is 10.0. The third-order valence-corrected chi connectivity index (χ3v) is 16.1. The quantitative estimate of drug-likeness (QED) is 0.0261. The van der Waals surface area contributed by atoms with Gasteiger partial charge in [-0.25, -0.2) is 0 Å². The molecule has 0 heterocycles. The molecule has 1 unspecified atom stereocenters. The maximum Gasteiger partial charge on any atom is 0.306 e. The molecule has 0 aromatic carbocycles. The van der Waals surface area contributed by atoms with Crippen LogP contribution in [0.5, 0.6) is 0 Å². The monoisotopic (exact) mass is 1110 g/mol. The van der Waals surface area contributed by atoms with Crippen LogP contribution in [0.4, 0.5) is 0 Å². The Morgan fingerprint density at radius 3 is 0.722 bits per heavy atom. The van der Waals surface area contributed by atoms with Gasteiger partial charge in [-0.05, 0) is 77.0 Å². The van der Waals surface area contributed by atoms with E-state index in [1.807, 2.05) is 0 Å². The van der Waals surface area contributed by atoms with Crippen LogP contribution in [0.15, 0.2) is 36.5 Å². The van der Waals surface area contributed by atoms with Crippen LogP contribution in [0.3, 0.4) is 0 Å². The molecule has 1 atom stereocenters. The molecule has 0 aromatic heterocycles. The first kappa shape index (κ1) is 76.6. The Hall–Kier alpha value is -2.37. The molecule has 0 aliphatic heterocycles. The van der Waals surface area contributed by atoms with E-state index in [0.717, 1.165) is 89.9 Å². The summed E-state index contributed by atoms with van der Waals surface area (Å²) in [6, 6.07) is 0. The van der Waals surface area contributed by atoms with Gasteiger partial charge < -0.3 is 14.2 Å².